The molecular weight excluding hydrogens is 282 g/mol. The Balaban J connectivity index is 2.33. The number of thiazole rings is 1. The van der Waals surface area contributed by atoms with Crippen LogP contribution in [0.25, 0.3) is 9.88 Å². The van der Waals surface area contributed by atoms with Gasteiger partial charge in [-0.2, -0.15) is 0 Å². The van der Waals surface area contributed by atoms with Gasteiger partial charge in [-0.3, -0.25) is 0 Å². The normalized spacial score (nSPS) is 13.1. The lowest BCUT2D eigenvalue weighted by atomic mass is 10.3. The molecule has 1 unspecified atom stereocenters. The van der Waals surface area contributed by atoms with Crippen LogP contribution in [-0.2, 0) is 0 Å². The van der Waals surface area contributed by atoms with Crippen molar-refractivity contribution in [1.82, 2.24) is 4.98 Å². The largest absolute Gasteiger partial charge is 0.387 e. The summed E-state index contributed by atoms with van der Waals surface area (Å²) in [7, 11) is 0. The van der Waals surface area contributed by atoms with E-state index in [4.69, 9.17) is 0 Å². The summed E-state index contributed by atoms with van der Waals surface area (Å²) in [6.45, 7) is 1.73. The zero-order valence-electron chi connectivity index (χ0n) is 7.40. The predicted molar refractivity (Wildman–Crippen MR) is 63.8 cm³/mol. The maximum Gasteiger partial charge on any atom is 0.133 e. The van der Waals surface area contributed by atoms with Crippen LogP contribution in [0.2, 0.25) is 0 Å². The smallest absolute Gasteiger partial charge is 0.133 e. The Hall–Kier alpha value is -0.230. The van der Waals surface area contributed by atoms with E-state index in [2.05, 4.69) is 20.9 Å². The Morgan fingerprint density at radius 2 is 2.29 bits per heavy atom. The molecule has 1 N–H and O–H groups in total. The van der Waals surface area contributed by atoms with Gasteiger partial charge in [0.05, 0.1) is 20.5 Å². The Labute approximate surface area is 98.4 Å². The highest BCUT2D eigenvalue weighted by Gasteiger charge is 2.09. The average Bonchev–Trinajstić information content (AvgIpc) is 2.70. The number of thiophene rings is 1. The molecule has 0 saturated carbocycles. The van der Waals surface area contributed by atoms with E-state index in [-0.39, 0.29) is 0 Å². The molecule has 0 bridgehead atoms. The SMILES string of the molecule is CC(O)c1csc(-c2ccc(Br)s2)n1. The van der Waals surface area contributed by atoms with Crippen LogP contribution in [0.5, 0.6) is 0 Å². The fourth-order valence-corrected chi connectivity index (χ4v) is 3.38. The fourth-order valence-electron chi connectivity index (χ4n) is 1.02. The van der Waals surface area contributed by atoms with Crippen molar-refractivity contribution in [3.63, 3.8) is 0 Å². The molecule has 0 aliphatic heterocycles. The summed E-state index contributed by atoms with van der Waals surface area (Å²) >= 11 is 6.62. The zero-order chi connectivity index (χ0) is 10.1. The number of aromatic nitrogens is 1. The summed E-state index contributed by atoms with van der Waals surface area (Å²) in [5.41, 5.74) is 0.745. The molecule has 2 aromatic rings. The number of aliphatic hydroxyl groups excluding tert-OH is 1. The first kappa shape index (κ1) is 10.3. The second kappa shape index (κ2) is 4.10. The van der Waals surface area contributed by atoms with Gasteiger partial charge in [0.2, 0.25) is 0 Å². The fraction of sp³-hybridized carbons (Fsp3) is 0.222. The Bertz CT molecular complexity index is 435. The van der Waals surface area contributed by atoms with Crippen LogP contribution in [0, 0.1) is 0 Å². The van der Waals surface area contributed by atoms with Crippen molar-refractivity contribution in [2.45, 2.75) is 13.0 Å². The molecule has 0 aliphatic rings. The van der Waals surface area contributed by atoms with Crippen molar-refractivity contribution >= 4 is 38.6 Å². The Morgan fingerprint density at radius 3 is 2.79 bits per heavy atom. The van der Waals surface area contributed by atoms with E-state index in [1.54, 1.807) is 29.6 Å². The first-order valence-corrected chi connectivity index (χ1v) is 6.55. The number of aliphatic hydroxyl groups is 1. The number of hydrogen-bond acceptors (Lipinski definition) is 4. The molecule has 5 heteroatoms. The van der Waals surface area contributed by atoms with Gasteiger partial charge < -0.3 is 5.11 Å². The van der Waals surface area contributed by atoms with Gasteiger partial charge in [-0.1, -0.05) is 0 Å². The van der Waals surface area contributed by atoms with E-state index in [0.717, 1.165) is 19.4 Å². The predicted octanol–water partition coefficient (Wildman–Crippen LogP) is 3.69. The Kier molecular flexibility index (Phi) is 3.02. The molecule has 2 rings (SSSR count). The lowest BCUT2D eigenvalue weighted by Crippen LogP contribution is -1.89. The minimum atomic E-state index is -0.483. The summed E-state index contributed by atoms with van der Waals surface area (Å²) in [5, 5.41) is 12.2. The van der Waals surface area contributed by atoms with E-state index in [1.165, 1.54) is 0 Å². The van der Waals surface area contributed by atoms with Gasteiger partial charge in [-0.05, 0) is 35.0 Å². The molecule has 0 saturated heterocycles. The minimum Gasteiger partial charge on any atom is -0.387 e. The molecule has 0 aromatic carbocycles. The van der Waals surface area contributed by atoms with Crippen LogP contribution in [0.15, 0.2) is 21.3 Å². The monoisotopic (exact) mass is 289 g/mol. The van der Waals surface area contributed by atoms with Crippen molar-refractivity contribution < 1.29 is 5.11 Å². The minimum absolute atomic E-state index is 0.483. The van der Waals surface area contributed by atoms with Gasteiger partial charge in [0.25, 0.3) is 0 Å². The maximum absolute atomic E-state index is 9.33. The molecule has 0 spiro atoms. The second-order valence-electron chi connectivity index (χ2n) is 2.86. The van der Waals surface area contributed by atoms with Crippen LogP contribution < -0.4 is 0 Å². The number of hydrogen-bond donors (Lipinski definition) is 1. The summed E-state index contributed by atoms with van der Waals surface area (Å²) in [5.74, 6) is 0. The number of rotatable bonds is 2. The third-order valence-electron chi connectivity index (χ3n) is 1.73. The molecule has 0 aliphatic carbocycles. The van der Waals surface area contributed by atoms with E-state index >= 15 is 0 Å². The molecule has 74 valence electrons. The molecule has 14 heavy (non-hydrogen) atoms. The van der Waals surface area contributed by atoms with Gasteiger partial charge in [0, 0.05) is 5.38 Å². The van der Waals surface area contributed by atoms with Crippen molar-refractivity contribution in [3.05, 3.63) is 27.0 Å². The summed E-state index contributed by atoms with van der Waals surface area (Å²) in [6.07, 6.45) is -0.483. The van der Waals surface area contributed by atoms with Crippen LogP contribution in [-0.4, -0.2) is 10.1 Å². The number of nitrogens with zero attached hydrogens (tertiary/aromatic N) is 1. The van der Waals surface area contributed by atoms with Crippen LogP contribution in [0.4, 0.5) is 0 Å². The van der Waals surface area contributed by atoms with Crippen molar-refractivity contribution in [2.75, 3.05) is 0 Å². The van der Waals surface area contributed by atoms with Gasteiger partial charge in [-0.25, -0.2) is 4.98 Å². The molecule has 0 amide bonds. The van der Waals surface area contributed by atoms with Crippen LogP contribution in [0.3, 0.4) is 0 Å². The van der Waals surface area contributed by atoms with Crippen molar-refractivity contribution in [1.29, 1.82) is 0 Å². The molecule has 0 fully saturated rings. The van der Waals surface area contributed by atoms with E-state index in [0.29, 0.717) is 0 Å². The zero-order valence-corrected chi connectivity index (χ0v) is 10.6. The molecular formula is C9H8BrNOS2. The summed E-state index contributed by atoms with van der Waals surface area (Å²) in [6, 6.07) is 4.03. The summed E-state index contributed by atoms with van der Waals surface area (Å²) < 4.78 is 1.10. The van der Waals surface area contributed by atoms with Gasteiger partial charge in [-0.15, -0.1) is 22.7 Å². The van der Waals surface area contributed by atoms with E-state index in [1.807, 2.05) is 17.5 Å². The highest BCUT2D eigenvalue weighted by atomic mass is 79.9. The second-order valence-corrected chi connectivity index (χ2v) is 6.18. The summed E-state index contributed by atoms with van der Waals surface area (Å²) in [4.78, 5) is 5.48. The van der Waals surface area contributed by atoms with Crippen molar-refractivity contribution in [3.8, 4) is 9.88 Å². The third kappa shape index (κ3) is 2.06. The molecule has 2 nitrogen and oxygen atoms in total. The highest BCUT2D eigenvalue weighted by Crippen LogP contribution is 2.33. The van der Waals surface area contributed by atoms with E-state index < -0.39 is 6.10 Å². The molecule has 0 radical (unpaired) electrons. The quantitative estimate of drug-likeness (QED) is 0.915. The first-order valence-electron chi connectivity index (χ1n) is 4.06. The van der Waals surface area contributed by atoms with Crippen LogP contribution in [0.1, 0.15) is 18.7 Å². The topological polar surface area (TPSA) is 33.1 Å². The molecule has 2 heterocycles. The Morgan fingerprint density at radius 1 is 1.50 bits per heavy atom. The first-order chi connectivity index (χ1) is 6.66. The number of halogens is 1. The van der Waals surface area contributed by atoms with Crippen molar-refractivity contribution in [2.24, 2.45) is 0 Å². The highest BCUT2D eigenvalue weighted by molar-refractivity contribution is 9.11. The maximum atomic E-state index is 9.33. The lowest BCUT2D eigenvalue weighted by Gasteiger charge is -1.95. The van der Waals surface area contributed by atoms with Gasteiger partial charge in [0.15, 0.2) is 0 Å². The van der Waals surface area contributed by atoms with E-state index in [9.17, 15) is 5.11 Å². The average molecular weight is 290 g/mol. The van der Waals surface area contributed by atoms with Crippen LogP contribution >= 0.6 is 38.6 Å². The third-order valence-corrected chi connectivity index (χ3v) is 4.39. The molecule has 2 aromatic heterocycles. The van der Waals surface area contributed by atoms with Gasteiger partial charge >= 0.3 is 0 Å². The molecule has 1 atom stereocenters. The standard InChI is InChI=1S/C9H8BrNOS2/c1-5(12)6-4-13-9(11-6)7-2-3-8(10)14-7/h2-5,12H,1H3. The lowest BCUT2D eigenvalue weighted by molar-refractivity contribution is 0.195. The van der Waals surface area contributed by atoms with Gasteiger partial charge in [0.1, 0.15) is 5.01 Å².